The predicted octanol–water partition coefficient (Wildman–Crippen LogP) is 6.51. The first-order valence-corrected chi connectivity index (χ1v) is 13.1. The van der Waals surface area contributed by atoms with E-state index in [1.165, 1.54) is 0 Å². The highest BCUT2D eigenvalue weighted by molar-refractivity contribution is 5.74. The summed E-state index contributed by atoms with van der Waals surface area (Å²) in [5, 5.41) is 0. The van der Waals surface area contributed by atoms with Gasteiger partial charge in [-0.1, -0.05) is 38.8 Å². The molecule has 0 fully saturated rings. The normalized spacial score (nSPS) is 12.5. The van der Waals surface area contributed by atoms with E-state index in [0.717, 1.165) is 54.7 Å². The van der Waals surface area contributed by atoms with Crippen LogP contribution in [0.5, 0.6) is 11.5 Å². The number of nitrogens with zero attached hydrogens (tertiary/aromatic N) is 2. The fraction of sp³-hybridized carbons (Fsp3) is 0.433. The highest BCUT2D eigenvalue weighted by Crippen LogP contribution is 2.24. The smallest absolute Gasteiger partial charge is 0.335 e. The van der Waals surface area contributed by atoms with Crippen molar-refractivity contribution >= 4 is 5.97 Å². The summed E-state index contributed by atoms with van der Waals surface area (Å²) in [6.07, 6.45) is 6.76. The van der Waals surface area contributed by atoms with Gasteiger partial charge >= 0.3 is 5.97 Å². The van der Waals surface area contributed by atoms with Gasteiger partial charge in [0.2, 0.25) is 0 Å². The molecule has 3 rings (SSSR count). The van der Waals surface area contributed by atoms with Crippen LogP contribution < -0.4 is 9.47 Å². The predicted molar refractivity (Wildman–Crippen MR) is 145 cm³/mol. The monoisotopic (exact) mass is 506 g/mol. The lowest BCUT2D eigenvalue weighted by Gasteiger charge is -2.18. The van der Waals surface area contributed by atoms with Gasteiger partial charge in [0.15, 0.2) is 11.9 Å². The van der Waals surface area contributed by atoms with Crippen molar-refractivity contribution < 1.29 is 23.7 Å². The first kappa shape index (κ1) is 28.1. The molecule has 0 saturated heterocycles. The molecule has 0 aliphatic heterocycles. The minimum Gasteiger partial charge on any atom is -0.494 e. The minimum absolute atomic E-state index is 0.257. The number of aromatic nitrogens is 2. The topological polar surface area (TPSA) is 79.8 Å². The van der Waals surface area contributed by atoms with Crippen LogP contribution in [0.3, 0.4) is 0 Å². The highest BCUT2D eigenvalue weighted by atomic mass is 16.6. The van der Waals surface area contributed by atoms with Crippen LogP contribution in [-0.4, -0.2) is 48.0 Å². The van der Waals surface area contributed by atoms with Crippen molar-refractivity contribution in [1.29, 1.82) is 0 Å². The molecule has 198 valence electrons. The van der Waals surface area contributed by atoms with Gasteiger partial charge in [-0.25, -0.2) is 14.8 Å². The Labute approximate surface area is 220 Å². The van der Waals surface area contributed by atoms with Gasteiger partial charge < -0.3 is 18.9 Å². The van der Waals surface area contributed by atoms with E-state index in [1.54, 1.807) is 13.8 Å². The number of unbranched alkanes of at least 4 members (excludes halogenated alkanes) is 2. The standard InChI is InChI=1S/C30H38N2O5/c1-5-7-17-34-23(4)30(33)37-22(3)21-36-28-13-9-24(10-14-28)26-19-31-29(32-20-26)25-11-15-27(16-12-25)35-18-8-6-2/h9-16,19-20,22-23H,5-8,17-18,21H2,1-4H3. The summed E-state index contributed by atoms with van der Waals surface area (Å²) in [6.45, 7) is 9.27. The number of hydrogen-bond donors (Lipinski definition) is 0. The fourth-order valence-corrected chi connectivity index (χ4v) is 3.42. The molecule has 0 N–H and O–H groups in total. The van der Waals surface area contributed by atoms with Crippen LogP contribution in [0.25, 0.3) is 22.5 Å². The van der Waals surface area contributed by atoms with E-state index in [9.17, 15) is 4.79 Å². The van der Waals surface area contributed by atoms with E-state index in [4.69, 9.17) is 18.9 Å². The van der Waals surface area contributed by atoms with Crippen LogP contribution in [0.4, 0.5) is 0 Å². The van der Waals surface area contributed by atoms with Crippen LogP contribution in [-0.2, 0) is 14.3 Å². The molecule has 1 heterocycles. The summed E-state index contributed by atoms with van der Waals surface area (Å²) in [5.41, 5.74) is 2.83. The van der Waals surface area contributed by atoms with Crippen LogP contribution in [0.15, 0.2) is 60.9 Å². The lowest BCUT2D eigenvalue weighted by molar-refractivity contribution is -0.162. The average molecular weight is 507 g/mol. The van der Waals surface area contributed by atoms with Crippen LogP contribution in [0.2, 0.25) is 0 Å². The maximum absolute atomic E-state index is 12.1. The Morgan fingerprint density at radius 2 is 1.32 bits per heavy atom. The number of carbonyl (C=O) groups is 1. The number of esters is 1. The second kappa shape index (κ2) is 15.0. The first-order valence-electron chi connectivity index (χ1n) is 13.1. The maximum atomic E-state index is 12.1. The molecule has 2 unspecified atom stereocenters. The summed E-state index contributed by atoms with van der Waals surface area (Å²) >= 11 is 0. The second-order valence-electron chi connectivity index (χ2n) is 8.97. The Morgan fingerprint density at radius 1 is 0.757 bits per heavy atom. The molecule has 0 spiro atoms. The van der Waals surface area contributed by atoms with Crippen LogP contribution in [0.1, 0.15) is 53.4 Å². The first-order chi connectivity index (χ1) is 18.0. The van der Waals surface area contributed by atoms with Gasteiger partial charge in [-0.2, -0.15) is 0 Å². The van der Waals surface area contributed by atoms with Crippen LogP contribution >= 0.6 is 0 Å². The second-order valence-corrected chi connectivity index (χ2v) is 8.97. The summed E-state index contributed by atoms with van der Waals surface area (Å²) in [4.78, 5) is 21.2. The van der Waals surface area contributed by atoms with Gasteiger partial charge in [-0.3, -0.25) is 0 Å². The minimum atomic E-state index is -0.578. The van der Waals surface area contributed by atoms with Gasteiger partial charge in [0, 0.05) is 30.1 Å². The molecule has 7 heteroatoms. The largest absolute Gasteiger partial charge is 0.494 e. The molecule has 7 nitrogen and oxygen atoms in total. The zero-order valence-corrected chi connectivity index (χ0v) is 22.3. The molecular weight excluding hydrogens is 468 g/mol. The molecule has 1 aromatic heterocycles. The van der Waals surface area contributed by atoms with Gasteiger partial charge in [-0.15, -0.1) is 0 Å². The van der Waals surface area contributed by atoms with Crippen molar-refractivity contribution in [2.24, 2.45) is 0 Å². The van der Waals surface area contributed by atoms with Crippen molar-refractivity contribution in [3.63, 3.8) is 0 Å². The molecule has 0 amide bonds. The third-order valence-corrected chi connectivity index (χ3v) is 5.72. The van der Waals surface area contributed by atoms with Crippen LogP contribution in [0, 0.1) is 0 Å². The number of rotatable bonds is 15. The molecule has 0 aliphatic rings. The molecule has 0 bridgehead atoms. The molecule has 2 aromatic carbocycles. The Hall–Kier alpha value is -3.45. The molecule has 0 saturated carbocycles. The number of carbonyl (C=O) groups excluding carboxylic acids is 1. The van der Waals surface area contributed by atoms with E-state index < -0.39 is 6.10 Å². The lowest BCUT2D eigenvalue weighted by atomic mass is 10.1. The molecule has 2 atom stereocenters. The van der Waals surface area contributed by atoms with Crippen molar-refractivity contribution in [2.45, 2.75) is 65.6 Å². The maximum Gasteiger partial charge on any atom is 0.335 e. The Bertz CT molecular complexity index is 1070. The highest BCUT2D eigenvalue weighted by Gasteiger charge is 2.18. The zero-order chi connectivity index (χ0) is 26.5. The van der Waals surface area contributed by atoms with Gasteiger partial charge in [-0.05, 0) is 68.7 Å². The summed E-state index contributed by atoms with van der Waals surface area (Å²) in [7, 11) is 0. The molecule has 0 aliphatic carbocycles. The third-order valence-electron chi connectivity index (χ3n) is 5.72. The van der Waals surface area contributed by atoms with Crippen molar-refractivity contribution in [3.05, 3.63) is 60.9 Å². The molecule has 3 aromatic rings. The van der Waals surface area contributed by atoms with Gasteiger partial charge in [0.25, 0.3) is 0 Å². The molecule has 0 radical (unpaired) electrons. The summed E-state index contributed by atoms with van der Waals surface area (Å²) in [5.74, 6) is 1.84. The fourth-order valence-electron chi connectivity index (χ4n) is 3.42. The van der Waals surface area contributed by atoms with Gasteiger partial charge in [0.1, 0.15) is 24.2 Å². The number of hydrogen-bond acceptors (Lipinski definition) is 7. The average Bonchev–Trinajstić information content (AvgIpc) is 2.93. The van der Waals surface area contributed by atoms with E-state index >= 15 is 0 Å². The van der Waals surface area contributed by atoms with Gasteiger partial charge in [0.05, 0.1) is 6.61 Å². The van der Waals surface area contributed by atoms with Crippen molar-refractivity contribution in [3.8, 4) is 34.0 Å². The Balaban J connectivity index is 1.48. The van der Waals surface area contributed by atoms with E-state index in [2.05, 4.69) is 23.8 Å². The number of ether oxygens (including phenoxy) is 4. The Kier molecular flexibility index (Phi) is 11.4. The lowest BCUT2D eigenvalue weighted by Crippen LogP contribution is -2.30. The Morgan fingerprint density at radius 3 is 1.95 bits per heavy atom. The SMILES string of the molecule is CCCCOc1ccc(-c2ncc(-c3ccc(OCC(C)OC(=O)C(C)OCCCC)cc3)cn2)cc1. The summed E-state index contributed by atoms with van der Waals surface area (Å²) < 4.78 is 22.4. The quantitative estimate of drug-likeness (QED) is 0.172. The van der Waals surface area contributed by atoms with E-state index in [0.29, 0.717) is 18.2 Å². The summed E-state index contributed by atoms with van der Waals surface area (Å²) in [6, 6.07) is 15.5. The molecule has 37 heavy (non-hydrogen) atoms. The zero-order valence-electron chi connectivity index (χ0n) is 22.3. The number of benzene rings is 2. The van der Waals surface area contributed by atoms with Crippen molar-refractivity contribution in [1.82, 2.24) is 9.97 Å². The van der Waals surface area contributed by atoms with Crippen molar-refractivity contribution in [2.75, 3.05) is 19.8 Å². The van der Waals surface area contributed by atoms with E-state index in [1.807, 2.05) is 60.9 Å². The third kappa shape index (κ3) is 9.17. The molecular formula is C30H38N2O5. The van der Waals surface area contributed by atoms with E-state index in [-0.39, 0.29) is 18.7 Å².